The minimum absolute atomic E-state index is 0.740. The Morgan fingerprint density at radius 3 is 2.72 bits per heavy atom. The molecule has 0 fully saturated rings. The van der Waals surface area contributed by atoms with E-state index < -0.39 is 0 Å². The van der Waals surface area contributed by atoms with Crippen LogP contribution in [0.5, 0.6) is 11.5 Å². The highest BCUT2D eigenvalue weighted by Crippen LogP contribution is 2.37. The Bertz CT molecular complexity index is 1120. The van der Waals surface area contributed by atoms with Crippen molar-refractivity contribution in [1.82, 2.24) is 19.7 Å². The number of methoxy groups -OCH3 is 2. The van der Waals surface area contributed by atoms with Crippen LogP contribution in [0, 0.1) is 0 Å². The largest absolute Gasteiger partial charge is 0.497 e. The molecule has 2 aromatic carbocycles. The number of fused-ring (bicyclic) bond motifs is 1. The summed E-state index contributed by atoms with van der Waals surface area (Å²) in [5, 5.41) is 11.0. The van der Waals surface area contributed by atoms with Gasteiger partial charge < -0.3 is 14.5 Å². The van der Waals surface area contributed by atoms with E-state index in [9.17, 15) is 0 Å². The first-order valence-corrected chi connectivity index (χ1v) is 10.6. The number of benzene rings is 2. The van der Waals surface area contributed by atoms with Gasteiger partial charge in [0.05, 0.1) is 19.9 Å². The maximum absolute atomic E-state index is 5.66. The van der Waals surface area contributed by atoms with Gasteiger partial charge in [-0.15, -0.1) is 10.2 Å². The Labute approximate surface area is 174 Å². The molecule has 2 heterocycles. The fraction of sp³-hybridized carbons (Fsp3) is 0.273. The molecule has 0 saturated carbocycles. The van der Waals surface area contributed by atoms with Gasteiger partial charge in [-0.2, -0.15) is 0 Å². The first-order valence-electron chi connectivity index (χ1n) is 9.64. The molecule has 0 aliphatic rings. The molecule has 4 rings (SSSR count). The predicted molar refractivity (Wildman–Crippen MR) is 117 cm³/mol. The van der Waals surface area contributed by atoms with Gasteiger partial charge in [-0.1, -0.05) is 43.3 Å². The number of thioether (sulfide) groups is 1. The second-order valence-corrected chi connectivity index (χ2v) is 7.69. The topological polar surface area (TPSA) is 65.0 Å². The SMILES string of the molecule is CCCCSc1nnc(-c2c[nH]c3ccccc23)n1-c1cc(OC)ccc1OC. The number of H-pyrrole nitrogens is 1. The standard InChI is InChI=1S/C22H24N4O2S/c1-4-5-12-29-22-25-24-21(17-14-23-18-9-7-6-8-16(17)18)26(22)19-13-15(27-2)10-11-20(19)28-3/h6-11,13-14,23H,4-5,12H2,1-3H3. The monoisotopic (exact) mass is 408 g/mol. The van der Waals surface area contributed by atoms with Gasteiger partial charge in [0.1, 0.15) is 11.5 Å². The van der Waals surface area contributed by atoms with Gasteiger partial charge >= 0.3 is 0 Å². The van der Waals surface area contributed by atoms with Crippen LogP contribution < -0.4 is 9.47 Å². The van der Waals surface area contributed by atoms with Crippen LogP contribution in [0.15, 0.2) is 53.8 Å². The number of ether oxygens (including phenoxy) is 2. The zero-order chi connectivity index (χ0) is 20.2. The fourth-order valence-corrected chi connectivity index (χ4v) is 4.32. The highest BCUT2D eigenvalue weighted by Gasteiger charge is 2.21. The van der Waals surface area contributed by atoms with Gasteiger partial charge in [0.25, 0.3) is 0 Å². The van der Waals surface area contributed by atoms with E-state index in [0.717, 1.165) is 63.2 Å². The zero-order valence-electron chi connectivity index (χ0n) is 16.8. The Balaban J connectivity index is 1.92. The van der Waals surface area contributed by atoms with Crippen LogP contribution in [0.1, 0.15) is 19.8 Å². The third kappa shape index (κ3) is 3.70. The van der Waals surface area contributed by atoms with Crippen molar-refractivity contribution in [3.63, 3.8) is 0 Å². The molecule has 0 radical (unpaired) electrons. The van der Waals surface area contributed by atoms with Gasteiger partial charge in [-0.05, 0) is 24.6 Å². The molecule has 0 spiro atoms. The van der Waals surface area contributed by atoms with Crippen LogP contribution in [0.3, 0.4) is 0 Å². The number of nitrogens with zero attached hydrogens (tertiary/aromatic N) is 3. The number of aromatic amines is 1. The molecule has 0 saturated heterocycles. The van der Waals surface area contributed by atoms with Gasteiger partial charge in [-0.3, -0.25) is 4.57 Å². The van der Waals surface area contributed by atoms with Gasteiger partial charge in [0.2, 0.25) is 0 Å². The summed E-state index contributed by atoms with van der Waals surface area (Å²) in [6.07, 6.45) is 4.24. The number of para-hydroxylation sites is 1. The number of aromatic nitrogens is 4. The minimum Gasteiger partial charge on any atom is -0.497 e. The number of rotatable bonds is 8. The van der Waals surface area contributed by atoms with Crippen molar-refractivity contribution in [2.75, 3.05) is 20.0 Å². The maximum Gasteiger partial charge on any atom is 0.196 e. The molecular formula is C22H24N4O2S. The molecule has 0 aliphatic carbocycles. The molecule has 4 aromatic rings. The summed E-state index contributed by atoms with van der Waals surface area (Å²) in [5.74, 6) is 3.25. The lowest BCUT2D eigenvalue weighted by atomic mass is 10.1. The first kappa shape index (κ1) is 19.4. The quantitative estimate of drug-likeness (QED) is 0.315. The van der Waals surface area contributed by atoms with E-state index in [4.69, 9.17) is 9.47 Å². The van der Waals surface area contributed by atoms with E-state index in [2.05, 4.69) is 38.8 Å². The van der Waals surface area contributed by atoms with Crippen LogP contribution in [-0.4, -0.2) is 39.7 Å². The average molecular weight is 409 g/mol. The molecule has 0 amide bonds. The van der Waals surface area contributed by atoms with E-state index in [1.165, 1.54) is 0 Å². The zero-order valence-corrected chi connectivity index (χ0v) is 17.6. The normalized spacial score (nSPS) is 11.1. The van der Waals surface area contributed by atoms with Crippen molar-refractivity contribution >= 4 is 22.7 Å². The molecule has 29 heavy (non-hydrogen) atoms. The van der Waals surface area contributed by atoms with Crippen LogP contribution in [0.4, 0.5) is 0 Å². The molecule has 7 heteroatoms. The Morgan fingerprint density at radius 2 is 1.93 bits per heavy atom. The summed E-state index contributed by atoms with van der Waals surface area (Å²) in [4.78, 5) is 3.33. The molecule has 0 atom stereocenters. The summed E-state index contributed by atoms with van der Waals surface area (Å²) in [5.41, 5.74) is 2.92. The first-order chi connectivity index (χ1) is 14.3. The third-order valence-electron chi connectivity index (χ3n) is 4.82. The van der Waals surface area contributed by atoms with Crippen molar-refractivity contribution in [2.45, 2.75) is 24.9 Å². The van der Waals surface area contributed by atoms with Gasteiger partial charge in [-0.25, -0.2) is 0 Å². The molecule has 1 N–H and O–H groups in total. The fourth-order valence-electron chi connectivity index (χ4n) is 3.29. The number of hydrogen-bond acceptors (Lipinski definition) is 5. The van der Waals surface area contributed by atoms with Crippen LogP contribution >= 0.6 is 11.8 Å². The molecule has 150 valence electrons. The smallest absolute Gasteiger partial charge is 0.196 e. The van der Waals surface area contributed by atoms with Crippen LogP contribution in [0.2, 0.25) is 0 Å². The maximum atomic E-state index is 5.66. The van der Waals surface area contributed by atoms with Crippen molar-refractivity contribution < 1.29 is 9.47 Å². The summed E-state index contributed by atoms with van der Waals surface area (Å²) in [7, 11) is 3.33. The van der Waals surface area contributed by atoms with E-state index in [-0.39, 0.29) is 0 Å². The van der Waals surface area contributed by atoms with Gasteiger partial charge in [0.15, 0.2) is 11.0 Å². The van der Waals surface area contributed by atoms with Crippen LogP contribution in [0.25, 0.3) is 28.0 Å². The third-order valence-corrected chi connectivity index (χ3v) is 5.83. The Morgan fingerprint density at radius 1 is 1.07 bits per heavy atom. The van der Waals surface area contributed by atoms with Crippen molar-refractivity contribution in [3.8, 4) is 28.6 Å². The summed E-state index contributed by atoms with van der Waals surface area (Å²) in [6.45, 7) is 2.19. The van der Waals surface area contributed by atoms with E-state index in [1.807, 2.05) is 36.5 Å². The van der Waals surface area contributed by atoms with E-state index >= 15 is 0 Å². The second kappa shape index (κ2) is 8.61. The lowest BCUT2D eigenvalue weighted by Crippen LogP contribution is -2.03. The van der Waals surface area contributed by atoms with Crippen LogP contribution in [-0.2, 0) is 0 Å². The van der Waals surface area contributed by atoms with Crippen molar-refractivity contribution in [3.05, 3.63) is 48.7 Å². The lowest BCUT2D eigenvalue weighted by Gasteiger charge is -2.15. The Kier molecular flexibility index (Phi) is 5.76. The molecular weight excluding hydrogens is 384 g/mol. The summed E-state index contributed by atoms with van der Waals surface area (Å²) < 4.78 is 13.2. The predicted octanol–water partition coefficient (Wildman–Crippen LogP) is 5.33. The molecule has 2 aromatic heterocycles. The number of nitrogens with one attached hydrogen (secondary N) is 1. The molecule has 0 unspecified atom stereocenters. The van der Waals surface area contributed by atoms with E-state index in [1.54, 1.807) is 26.0 Å². The van der Waals surface area contributed by atoms with E-state index in [0.29, 0.717) is 0 Å². The highest BCUT2D eigenvalue weighted by atomic mass is 32.2. The van der Waals surface area contributed by atoms with Gasteiger partial charge in [0, 0.05) is 34.5 Å². The number of unbranched alkanes of at least 4 members (excludes halogenated alkanes) is 1. The number of hydrogen-bond donors (Lipinski definition) is 1. The minimum atomic E-state index is 0.740. The van der Waals surface area contributed by atoms with Crippen molar-refractivity contribution in [1.29, 1.82) is 0 Å². The summed E-state index contributed by atoms with van der Waals surface area (Å²) in [6, 6.07) is 14.0. The highest BCUT2D eigenvalue weighted by molar-refractivity contribution is 7.99. The molecule has 0 aliphatic heterocycles. The van der Waals surface area contributed by atoms with Crippen molar-refractivity contribution in [2.24, 2.45) is 0 Å². The average Bonchev–Trinajstić information content (AvgIpc) is 3.37. The second-order valence-electron chi connectivity index (χ2n) is 6.63. The summed E-state index contributed by atoms with van der Waals surface area (Å²) >= 11 is 1.71. The lowest BCUT2D eigenvalue weighted by molar-refractivity contribution is 0.401. The molecule has 0 bridgehead atoms. The Hall–Kier alpha value is -2.93. The molecule has 6 nitrogen and oxygen atoms in total.